The molecule has 1 aliphatic heterocycles. The normalized spacial score (nSPS) is 17.6. The van der Waals surface area contributed by atoms with Crippen LogP contribution in [0.3, 0.4) is 0 Å². The second-order valence-corrected chi connectivity index (χ2v) is 9.04. The van der Waals surface area contributed by atoms with Crippen molar-refractivity contribution in [3.8, 4) is 0 Å². The van der Waals surface area contributed by atoms with Crippen LogP contribution in [0.15, 0.2) is 24.3 Å². The Hall–Kier alpha value is -1.74. The highest BCUT2D eigenvalue weighted by Gasteiger charge is 2.37. The maximum atomic E-state index is 12.8. The standard InChI is InChI=1S/C16H23N3O4S2/c1-11(2)18(3)16(21)14-9-24-10-19(14)15(20)12-6-5-7-13(8-12)17-25(4,22)23/h5-8,11,14,17H,9-10H2,1-4H3/t14-/m0/s1. The third-order valence-corrected chi connectivity index (χ3v) is 5.58. The average molecular weight is 386 g/mol. The lowest BCUT2D eigenvalue weighted by Crippen LogP contribution is -2.49. The van der Waals surface area contributed by atoms with Crippen LogP contribution in [0.4, 0.5) is 5.69 Å². The van der Waals surface area contributed by atoms with Crippen molar-refractivity contribution in [2.24, 2.45) is 0 Å². The van der Waals surface area contributed by atoms with Gasteiger partial charge in [-0.3, -0.25) is 14.3 Å². The van der Waals surface area contributed by atoms with E-state index in [1.54, 1.807) is 35.0 Å². The van der Waals surface area contributed by atoms with Gasteiger partial charge in [0.15, 0.2) is 0 Å². The van der Waals surface area contributed by atoms with E-state index in [0.717, 1.165) is 6.26 Å². The van der Waals surface area contributed by atoms with E-state index >= 15 is 0 Å². The molecular weight excluding hydrogens is 362 g/mol. The van der Waals surface area contributed by atoms with E-state index in [-0.39, 0.29) is 17.9 Å². The number of nitrogens with one attached hydrogen (secondary N) is 1. The van der Waals surface area contributed by atoms with Gasteiger partial charge in [0.1, 0.15) is 6.04 Å². The van der Waals surface area contributed by atoms with Crippen molar-refractivity contribution < 1.29 is 18.0 Å². The van der Waals surface area contributed by atoms with Gasteiger partial charge in [0, 0.05) is 30.1 Å². The van der Waals surface area contributed by atoms with E-state index < -0.39 is 16.1 Å². The monoisotopic (exact) mass is 385 g/mol. The molecule has 138 valence electrons. The number of amides is 2. The molecule has 0 aliphatic carbocycles. The maximum absolute atomic E-state index is 12.8. The number of rotatable bonds is 5. The van der Waals surface area contributed by atoms with Crippen LogP contribution in [-0.4, -0.2) is 67.0 Å². The zero-order valence-corrected chi connectivity index (χ0v) is 16.4. The fourth-order valence-electron chi connectivity index (χ4n) is 2.43. The lowest BCUT2D eigenvalue weighted by Gasteiger charge is -2.29. The van der Waals surface area contributed by atoms with E-state index in [2.05, 4.69) is 4.72 Å². The summed E-state index contributed by atoms with van der Waals surface area (Å²) in [6.07, 6.45) is 1.05. The fraction of sp³-hybridized carbons (Fsp3) is 0.500. The molecule has 1 heterocycles. The van der Waals surface area contributed by atoms with Gasteiger partial charge in [-0.2, -0.15) is 0 Å². The molecule has 1 fully saturated rings. The minimum absolute atomic E-state index is 0.0531. The lowest BCUT2D eigenvalue weighted by molar-refractivity contribution is -0.135. The molecule has 1 aliphatic rings. The summed E-state index contributed by atoms with van der Waals surface area (Å²) >= 11 is 1.53. The Morgan fingerprint density at radius 1 is 1.36 bits per heavy atom. The van der Waals surface area contributed by atoms with Gasteiger partial charge in [-0.15, -0.1) is 11.8 Å². The van der Waals surface area contributed by atoms with Crippen LogP contribution in [0.1, 0.15) is 24.2 Å². The van der Waals surface area contributed by atoms with E-state index in [4.69, 9.17) is 0 Å². The van der Waals surface area contributed by atoms with Gasteiger partial charge >= 0.3 is 0 Å². The number of hydrogen-bond acceptors (Lipinski definition) is 5. The summed E-state index contributed by atoms with van der Waals surface area (Å²) in [5.41, 5.74) is 0.670. The molecule has 25 heavy (non-hydrogen) atoms. The number of nitrogens with zero attached hydrogens (tertiary/aromatic N) is 2. The summed E-state index contributed by atoms with van der Waals surface area (Å²) in [4.78, 5) is 28.6. The van der Waals surface area contributed by atoms with Gasteiger partial charge < -0.3 is 9.80 Å². The first-order valence-electron chi connectivity index (χ1n) is 7.83. The number of carbonyl (C=O) groups is 2. The predicted octanol–water partition coefficient (Wildman–Crippen LogP) is 1.44. The van der Waals surface area contributed by atoms with Crippen LogP contribution < -0.4 is 4.72 Å². The Bertz CT molecular complexity index is 764. The summed E-state index contributed by atoms with van der Waals surface area (Å²) in [7, 11) is -1.69. The first-order valence-corrected chi connectivity index (χ1v) is 10.9. The minimum atomic E-state index is -3.42. The Morgan fingerprint density at radius 2 is 2.04 bits per heavy atom. The molecule has 9 heteroatoms. The highest BCUT2D eigenvalue weighted by Crippen LogP contribution is 2.25. The van der Waals surface area contributed by atoms with Crippen LogP contribution in [0.2, 0.25) is 0 Å². The Morgan fingerprint density at radius 3 is 2.64 bits per heavy atom. The molecule has 0 saturated carbocycles. The lowest BCUT2D eigenvalue weighted by atomic mass is 10.1. The van der Waals surface area contributed by atoms with Crippen molar-refractivity contribution in [1.29, 1.82) is 0 Å². The molecule has 2 amide bonds. The van der Waals surface area contributed by atoms with Crippen molar-refractivity contribution >= 4 is 39.3 Å². The van der Waals surface area contributed by atoms with Crippen LogP contribution in [0, 0.1) is 0 Å². The average Bonchev–Trinajstić information content (AvgIpc) is 3.00. The molecule has 0 spiro atoms. The molecule has 1 atom stereocenters. The number of sulfonamides is 1. The zero-order chi connectivity index (χ0) is 18.8. The van der Waals surface area contributed by atoms with Gasteiger partial charge in [-0.05, 0) is 32.0 Å². The Kier molecular flexibility index (Phi) is 5.99. The molecule has 7 nitrogen and oxygen atoms in total. The third-order valence-electron chi connectivity index (χ3n) is 3.96. The number of anilines is 1. The zero-order valence-electron chi connectivity index (χ0n) is 14.7. The maximum Gasteiger partial charge on any atom is 0.255 e. The second kappa shape index (κ2) is 7.65. The fourth-order valence-corrected chi connectivity index (χ4v) is 4.13. The smallest absolute Gasteiger partial charge is 0.255 e. The van der Waals surface area contributed by atoms with Gasteiger partial charge in [0.2, 0.25) is 15.9 Å². The predicted molar refractivity (Wildman–Crippen MR) is 100 cm³/mol. The molecule has 1 N–H and O–H groups in total. The number of carbonyl (C=O) groups excluding carboxylic acids is 2. The Balaban J connectivity index is 2.22. The van der Waals surface area contributed by atoms with Crippen LogP contribution in [-0.2, 0) is 14.8 Å². The highest BCUT2D eigenvalue weighted by molar-refractivity contribution is 7.99. The first-order chi connectivity index (χ1) is 11.6. The molecule has 0 bridgehead atoms. The summed E-state index contributed by atoms with van der Waals surface area (Å²) in [5, 5.41) is 0. The Labute approximate surface area is 152 Å². The summed E-state index contributed by atoms with van der Waals surface area (Å²) in [6.45, 7) is 3.85. The molecule has 1 aromatic rings. The molecule has 1 saturated heterocycles. The minimum Gasteiger partial charge on any atom is -0.342 e. The SMILES string of the molecule is CC(C)N(C)C(=O)[C@@H]1CSCN1C(=O)c1cccc(NS(C)(=O)=O)c1. The van der Waals surface area contributed by atoms with Crippen molar-refractivity contribution in [3.05, 3.63) is 29.8 Å². The van der Waals surface area contributed by atoms with E-state index in [1.165, 1.54) is 17.8 Å². The molecule has 2 rings (SSSR count). The molecule has 1 aromatic carbocycles. The molecule has 0 aromatic heterocycles. The van der Waals surface area contributed by atoms with Crippen LogP contribution >= 0.6 is 11.8 Å². The van der Waals surface area contributed by atoms with Crippen LogP contribution in [0.25, 0.3) is 0 Å². The number of thioether (sulfide) groups is 1. The van der Waals surface area contributed by atoms with Crippen molar-refractivity contribution in [2.45, 2.75) is 25.9 Å². The van der Waals surface area contributed by atoms with Gasteiger partial charge in [-0.1, -0.05) is 6.07 Å². The second-order valence-electron chi connectivity index (χ2n) is 6.29. The third kappa shape index (κ3) is 4.88. The number of benzene rings is 1. The highest BCUT2D eigenvalue weighted by atomic mass is 32.2. The van der Waals surface area contributed by atoms with Crippen LogP contribution in [0.5, 0.6) is 0 Å². The quantitative estimate of drug-likeness (QED) is 0.829. The van der Waals surface area contributed by atoms with Gasteiger partial charge in [-0.25, -0.2) is 8.42 Å². The van der Waals surface area contributed by atoms with Gasteiger partial charge in [0.25, 0.3) is 5.91 Å². The first kappa shape index (κ1) is 19.6. The summed E-state index contributed by atoms with van der Waals surface area (Å²) in [6, 6.07) is 5.84. The molecule has 0 radical (unpaired) electrons. The van der Waals surface area contributed by atoms with E-state index in [9.17, 15) is 18.0 Å². The number of likely N-dealkylation sites (N-methyl/N-ethyl adjacent to an activating group) is 1. The van der Waals surface area contributed by atoms with Crippen molar-refractivity contribution in [3.63, 3.8) is 0 Å². The van der Waals surface area contributed by atoms with E-state index in [1.807, 2.05) is 13.8 Å². The summed E-state index contributed by atoms with van der Waals surface area (Å²) < 4.78 is 25.1. The number of hydrogen-bond donors (Lipinski definition) is 1. The molecular formula is C16H23N3O4S2. The topological polar surface area (TPSA) is 86.8 Å². The van der Waals surface area contributed by atoms with Crippen molar-refractivity contribution in [1.82, 2.24) is 9.80 Å². The largest absolute Gasteiger partial charge is 0.342 e. The van der Waals surface area contributed by atoms with Crippen molar-refractivity contribution in [2.75, 3.05) is 29.7 Å². The molecule has 0 unspecified atom stereocenters. The van der Waals surface area contributed by atoms with Gasteiger partial charge in [0.05, 0.1) is 12.1 Å². The summed E-state index contributed by atoms with van der Waals surface area (Å²) in [5.74, 6) is 0.629. The van der Waals surface area contributed by atoms with E-state index in [0.29, 0.717) is 22.9 Å².